The minimum absolute atomic E-state index is 0.0561. The Kier molecular flexibility index (Phi) is 4.58. The van der Waals surface area contributed by atoms with E-state index in [1.165, 1.54) is 10.7 Å². The van der Waals surface area contributed by atoms with E-state index in [9.17, 15) is 14.4 Å². The van der Waals surface area contributed by atoms with Crippen molar-refractivity contribution in [1.29, 1.82) is 0 Å². The summed E-state index contributed by atoms with van der Waals surface area (Å²) < 4.78 is 6.54. The summed E-state index contributed by atoms with van der Waals surface area (Å²) in [5, 5.41) is 7.75. The van der Waals surface area contributed by atoms with Crippen LogP contribution in [0.25, 0.3) is 11.0 Å². The first-order chi connectivity index (χ1) is 13.1. The lowest BCUT2D eigenvalue weighted by Gasteiger charge is -2.16. The maximum atomic E-state index is 12.3. The van der Waals surface area contributed by atoms with Gasteiger partial charge in [-0.25, -0.2) is 9.48 Å². The predicted octanol–water partition coefficient (Wildman–Crippen LogP) is 1.66. The summed E-state index contributed by atoms with van der Waals surface area (Å²) in [4.78, 5) is 36.5. The number of carbonyl (C=O) groups is 1. The molecule has 0 radical (unpaired) electrons. The van der Waals surface area contributed by atoms with Crippen LogP contribution in [0.15, 0.2) is 50.4 Å². The number of aryl methyl sites for hydroxylation is 2. The Balaban J connectivity index is 1.47. The largest absolute Gasteiger partial charge is 0.422 e. The number of hydrogen-bond acceptors (Lipinski definition) is 5. The monoisotopic (exact) mass is 365 g/mol. The fourth-order valence-corrected chi connectivity index (χ4v) is 3.35. The van der Waals surface area contributed by atoms with Gasteiger partial charge >= 0.3 is 5.63 Å². The third-order valence-corrected chi connectivity index (χ3v) is 4.77. The molecule has 0 aliphatic heterocycles. The number of amides is 1. The molecule has 2 heterocycles. The van der Waals surface area contributed by atoms with Crippen molar-refractivity contribution in [3.05, 3.63) is 74.0 Å². The number of benzene rings is 1. The van der Waals surface area contributed by atoms with Gasteiger partial charge in [-0.1, -0.05) is 18.2 Å². The van der Waals surface area contributed by atoms with E-state index in [0.717, 1.165) is 36.9 Å². The number of carbonyl (C=O) groups excluding carboxylic acids is 1. The van der Waals surface area contributed by atoms with E-state index in [2.05, 4.69) is 10.4 Å². The van der Waals surface area contributed by atoms with Crippen molar-refractivity contribution in [2.45, 2.75) is 32.2 Å². The molecule has 7 heteroatoms. The minimum atomic E-state index is -0.685. The fraction of sp³-hybridized carbons (Fsp3) is 0.300. The summed E-state index contributed by atoms with van der Waals surface area (Å²) in [7, 11) is 0. The molecule has 1 aromatic carbocycles. The Morgan fingerprint density at radius 1 is 1.15 bits per heavy atom. The molecule has 0 bridgehead atoms. The summed E-state index contributed by atoms with van der Waals surface area (Å²) in [6, 6.07) is 10.2. The molecular weight excluding hydrogens is 346 g/mol. The second-order valence-corrected chi connectivity index (χ2v) is 6.63. The second kappa shape index (κ2) is 7.19. The Bertz CT molecular complexity index is 1130. The third-order valence-electron chi connectivity index (χ3n) is 4.77. The van der Waals surface area contributed by atoms with Crippen molar-refractivity contribution >= 4 is 16.9 Å². The van der Waals surface area contributed by atoms with Crippen LogP contribution in [0.3, 0.4) is 0 Å². The Hall–Kier alpha value is -3.22. The highest BCUT2D eigenvalue weighted by Gasteiger charge is 2.15. The summed E-state index contributed by atoms with van der Waals surface area (Å²) in [6.45, 7) is 0.438. The molecule has 7 nitrogen and oxygen atoms in total. The second-order valence-electron chi connectivity index (χ2n) is 6.63. The highest BCUT2D eigenvalue weighted by molar-refractivity contribution is 5.96. The summed E-state index contributed by atoms with van der Waals surface area (Å²) in [5.41, 5.74) is 1.51. The molecule has 1 N–H and O–H groups in total. The lowest BCUT2D eigenvalue weighted by Crippen LogP contribution is -2.34. The molecule has 1 aliphatic carbocycles. The Morgan fingerprint density at radius 3 is 2.85 bits per heavy atom. The van der Waals surface area contributed by atoms with Crippen LogP contribution < -0.4 is 16.5 Å². The molecule has 27 heavy (non-hydrogen) atoms. The van der Waals surface area contributed by atoms with E-state index < -0.39 is 11.5 Å². The maximum Gasteiger partial charge on any atom is 0.349 e. The number of aromatic nitrogens is 2. The standard InChI is InChI=1S/C20H19N3O4/c24-18-12-13-5-1-3-7-16(13)22-23(18)10-9-21-19(25)15-11-14-6-2-4-8-17(14)27-20(15)26/h2,4,6,8,11-12H,1,3,5,7,9-10H2,(H,21,25). The number of para-hydroxylation sites is 1. The van der Waals surface area contributed by atoms with Gasteiger partial charge < -0.3 is 9.73 Å². The van der Waals surface area contributed by atoms with Crippen LogP contribution in [0.1, 0.15) is 34.5 Å². The number of nitrogens with zero attached hydrogens (tertiary/aromatic N) is 2. The van der Waals surface area contributed by atoms with Crippen LogP contribution in [0, 0.1) is 0 Å². The first-order valence-corrected chi connectivity index (χ1v) is 9.03. The lowest BCUT2D eigenvalue weighted by molar-refractivity contribution is 0.0948. The molecule has 138 valence electrons. The third kappa shape index (κ3) is 3.53. The van der Waals surface area contributed by atoms with E-state index in [-0.39, 0.29) is 24.2 Å². The van der Waals surface area contributed by atoms with Gasteiger partial charge in [0.2, 0.25) is 0 Å². The molecule has 1 aliphatic rings. The molecule has 2 aromatic heterocycles. The number of rotatable bonds is 4. The number of nitrogens with one attached hydrogen (secondary N) is 1. The van der Waals surface area contributed by atoms with Crippen LogP contribution in [-0.2, 0) is 19.4 Å². The van der Waals surface area contributed by atoms with Crippen molar-refractivity contribution in [2.24, 2.45) is 0 Å². The maximum absolute atomic E-state index is 12.3. The van der Waals surface area contributed by atoms with Gasteiger partial charge in [-0.2, -0.15) is 5.10 Å². The molecule has 0 spiro atoms. The summed E-state index contributed by atoms with van der Waals surface area (Å²) >= 11 is 0. The molecule has 4 rings (SSSR count). The van der Waals surface area contributed by atoms with Crippen LogP contribution in [0.5, 0.6) is 0 Å². The van der Waals surface area contributed by atoms with Gasteiger partial charge in [-0.05, 0) is 43.4 Å². The molecular formula is C20H19N3O4. The van der Waals surface area contributed by atoms with Crippen molar-refractivity contribution < 1.29 is 9.21 Å². The average Bonchev–Trinajstić information content (AvgIpc) is 2.67. The molecule has 3 aromatic rings. The van der Waals surface area contributed by atoms with Crippen molar-refractivity contribution in [1.82, 2.24) is 15.1 Å². The van der Waals surface area contributed by atoms with Crippen LogP contribution in [0.2, 0.25) is 0 Å². The van der Waals surface area contributed by atoms with Gasteiger partial charge in [0.1, 0.15) is 11.1 Å². The van der Waals surface area contributed by atoms with Crippen LogP contribution >= 0.6 is 0 Å². The van der Waals surface area contributed by atoms with Crippen LogP contribution in [0.4, 0.5) is 0 Å². The first-order valence-electron chi connectivity index (χ1n) is 9.03. The normalized spacial score (nSPS) is 13.3. The van der Waals surface area contributed by atoms with E-state index in [4.69, 9.17) is 4.42 Å². The van der Waals surface area contributed by atoms with E-state index in [1.54, 1.807) is 30.3 Å². The van der Waals surface area contributed by atoms with Gasteiger partial charge in [0, 0.05) is 18.0 Å². The number of fused-ring (bicyclic) bond motifs is 2. The zero-order chi connectivity index (χ0) is 18.8. The van der Waals surface area contributed by atoms with E-state index in [1.807, 2.05) is 0 Å². The Morgan fingerprint density at radius 2 is 1.96 bits per heavy atom. The summed E-state index contributed by atoms with van der Waals surface area (Å²) in [5.74, 6) is -0.527. The fourth-order valence-electron chi connectivity index (χ4n) is 3.35. The molecule has 0 atom stereocenters. The average molecular weight is 365 g/mol. The van der Waals surface area contributed by atoms with Gasteiger partial charge in [0.25, 0.3) is 11.5 Å². The minimum Gasteiger partial charge on any atom is -0.422 e. The quantitative estimate of drug-likeness (QED) is 0.710. The van der Waals surface area contributed by atoms with Gasteiger partial charge in [-0.3, -0.25) is 9.59 Å². The molecule has 0 saturated heterocycles. The predicted molar refractivity (Wildman–Crippen MR) is 100.0 cm³/mol. The van der Waals surface area contributed by atoms with E-state index in [0.29, 0.717) is 11.0 Å². The molecule has 0 unspecified atom stereocenters. The highest BCUT2D eigenvalue weighted by Crippen LogP contribution is 2.16. The van der Waals surface area contributed by atoms with Gasteiger partial charge in [-0.15, -0.1) is 0 Å². The molecule has 1 amide bonds. The molecule has 0 fully saturated rings. The van der Waals surface area contributed by atoms with E-state index >= 15 is 0 Å². The van der Waals surface area contributed by atoms with Crippen molar-refractivity contribution in [3.63, 3.8) is 0 Å². The Labute approximate surface area is 154 Å². The zero-order valence-electron chi connectivity index (χ0n) is 14.7. The highest BCUT2D eigenvalue weighted by atomic mass is 16.4. The van der Waals surface area contributed by atoms with Crippen molar-refractivity contribution in [2.75, 3.05) is 6.54 Å². The topological polar surface area (TPSA) is 94.2 Å². The van der Waals surface area contributed by atoms with Crippen LogP contribution in [-0.4, -0.2) is 22.2 Å². The zero-order valence-corrected chi connectivity index (χ0v) is 14.7. The summed E-state index contributed by atoms with van der Waals surface area (Å²) in [6.07, 6.45) is 3.93. The molecule has 0 saturated carbocycles. The van der Waals surface area contributed by atoms with Gasteiger partial charge in [0.15, 0.2) is 0 Å². The number of hydrogen-bond donors (Lipinski definition) is 1. The van der Waals surface area contributed by atoms with Gasteiger partial charge in [0.05, 0.1) is 12.2 Å². The first kappa shape index (κ1) is 17.2. The lowest BCUT2D eigenvalue weighted by atomic mass is 9.97. The SMILES string of the molecule is O=C(NCCn1nc2c(cc1=O)CCCC2)c1cc2ccccc2oc1=O. The smallest absolute Gasteiger partial charge is 0.349 e. The van der Waals surface area contributed by atoms with Crippen molar-refractivity contribution in [3.8, 4) is 0 Å².